The summed E-state index contributed by atoms with van der Waals surface area (Å²) in [6.07, 6.45) is 1.72. The van der Waals surface area contributed by atoms with Crippen LogP contribution in [0.5, 0.6) is 0 Å². The van der Waals surface area contributed by atoms with Gasteiger partial charge in [-0.05, 0) is 25.7 Å². The third-order valence-electron chi connectivity index (χ3n) is 3.89. The van der Waals surface area contributed by atoms with Gasteiger partial charge < -0.3 is 20.4 Å². The highest BCUT2D eigenvalue weighted by molar-refractivity contribution is 5.82. The Bertz CT molecular complexity index is 334. The van der Waals surface area contributed by atoms with E-state index in [9.17, 15) is 14.7 Å². The average Bonchev–Trinajstić information content (AvgIpc) is 2.34. The van der Waals surface area contributed by atoms with Crippen LogP contribution in [0.15, 0.2) is 0 Å². The second kappa shape index (κ2) is 6.23. The summed E-state index contributed by atoms with van der Waals surface area (Å²) in [6.45, 7) is 6.35. The van der Waals surface area contributed by atoms with Crippen molar-refractivity contribution >= 4 is 12.0 Å². The lowest BCUT2D eigenvalue weighted by molar-refractivity contribution is -0.140. The summed E-state index contributed by atoms with van der Waals surface area (Å²) in [5.41, 5.74) is -0.723. The first kappa shape index (κ1) is 15.8. The number of hydrogen-bond donors (Lipinski definition) is 3. The molecule has 1 aliphatic rings. The Morgan fingerprint density at radius 3 is 2.32 bits per heavy atom. The van der Waals surface area contributed by atoms with E-state index < -0.39 is 17.6 Å². The zero-order chi connectivity index (χ0) is 14.6. The number of rotatable bonds is 4. The van der Waals surface area contributed by atoms with Crippen molar-refractivity contribution < 1.29 is 19.8 Å². The fourth-order valence-electron chi connectivity index (χ4n) is 2.10. The highest BCUT2D eigenvalue weighted by atomic mass is 16.4. The van der Waals surface area contributed by atoms with Crippen LogP contribution < -0.4 is 5.32 Å². The minimum atomic E-state index is -1.01. The Hall–Kier alpha value is -1.30. The maximum absolute atomic E-state index is 12.0. The first-order valence-electron chi connectivity index (χ1n) is 6.77. The lowest BCUT2D eigenvalue weighted by Gasteiger charge is -2.36. The Morgan fingerprint density at radius 1 is 1.37 bits per heavy atom. The van der Waals surface area contributed by atoms with Gasteiger partial charge in [0.15, 0.2) is 0 Å². The molecule has 0 aromatic carbocycles. The number of urea groups is 1. The summed E-state index contributed by atoms with van der Waals surface area (Å²) < 4.78 is 0. The molecule has 0 bridgehead atoms. The molecule has 110 valence electrons. The number of nitrogens with zero attached hydrogens (tertiary/aromatic N) is 1. The van der Waals surface area contributed by atoms with E-state index in [2.05, 4.69) is 5.32 Å². The molecule has 0 radical (unpaired) electrons. The van der Waals surface area contributed by atoms with E-state index in [4.69, 9.17) is 5.11 Å². The number of piperidine rings is 1. The number of aliphatic carboxylic acids is 1. The summed E-state index contributed by atoms with van der Waals surface area (Å²) in [4.78, 5) is 24.7. The summed E-state index contributed by atoms with van der Waals surface area (Å²) in [7, 11) is 0. The molecule has 0 spiro atoms. The van der Waals surface area contributed by atoms with Gasteiger partial charge in [0.1, 0.15) is 6.04 Å². The fourth-order valence-corrected chi connectivity index (χ4v) is 2.10. The summed E-state index contributed by atoms with van der Waals surface area (Å²) in [5, 5.41) is 21.5. The second-order valence-corrected chi connectivity index (χ2v) is 5.63. The summed E-state index contributed by atoms with van der Waals surface area (Å²) in [6, 6.07) is -1.22. The first-order valence-corrected chi connectivity index (χ1v) is 6.77. The van der Waals surface area contributed by atoms with Crippen molar-refractivity contribution in [2.24, 2.45) is 5.92 Å². The number of carbonyl (C=O) groups excluding carboxylic acids is 1. The Morgan fingerprint density at radius 2 is 1.89 bits per heavy atom. The van der Waals surface area contributed by atoms with Gasteiger partial charge in [0.05, 0.1) is 5.60 Å². The van der Waals surface area contributed by atoms with Crippen molar-refractivity contribution in [3.8, 4) is 0 Å². The third-order valence-corrected chi connectivity index (χ3v) is 3.89. The molecule has 1 fully saturated rings. The number of nitrogens with one attached hydrogen (secondary N) is 1. The minimum absolute atomic E-state index is 0.116. The molecule has 2 atom stereocenters. The van der Waals surface area contributed by atoms with E-state index in [1.165, 1.54) is 0 Å². The van der Waals surface area contributed by atoms with Crippen LogP contribution in [0.25, 0.3) is 0 Å². The molecule has 3 N–H and O–H groups in total. The third kappa shape index (κ3) is 4.38. The lowest BCUT2D eigenvalue weighted by atomic mass is 9.94. The summed E-state index contributed by atoms with van der Waals surface area (Å²) in [5.74, 6) is -1.12. The van der Waals surface area contributed by atoms with Crippen molar-refractivity contribution in [1.29, 1.82) is 0 Å². The number of likely N-dealkylation sites (tertiary alicyclic amines) is 1. The number of carbonyl (C=O) groups is 2. The van der Waals surface area contributed by atoms with Gasteiger partial charge in [0.2, 0.25) is 0 Å². The van der Waals surface area contributed by atoms with Crippen LogP contribution in [-0.4, -0.2) is 51.8 Å². The zero-order valence-electron chi connectivity index (χ0n) is 11.8. The molecular formula is C13H24N2O4. The van der Waals surface area contributed by atoms with Crippen molar-refractivity contribution in [2.75, 3.05) is 13.1 Å². The molecule has 2 amide bonds. The van der Waals surface area contributed by atoms with Gasteiger partial charge >= 0.3 is 12.0 Å². The monoisotopic (exact) mass is 272 g/mol. The van der Waals surface area contributed by atoms with Crippen LogP contribution in [0.1, 0.15) is 40.0 Å². The smallest absolute Gasteiger partial charge is 0.326 e. The van der Waals surface area contributed by atoms with Crippen LogP contribution in [-0.2, 0) is 4.79 Å². The SMILES string of the molecule is CC[C@H](C)[C@H](NC(=O)N1CCC(C)(O)CC1)C(=O)O. The molecule has 6 heteroatoms. The zero-order valence-corrected chi connectivity index (χ0v) is 11.8. The fraction of sp³-hybridized carbons (Fsp3) is 0.846. The van der Waals surface area contributed by atoms with E-state index in [1.807, 2.05) is 6.92 Å². The number of carboxylic acids is 1. The standard InChI is InChI=1S/C13H24N2O4/c1-4-9(2)10(11(16)17)14-12(18)15-7-5-13(3,19)6-8-15/h9-10,19H,4-8H2,1-3H3,(H,14,18)(H,16,17)/t9-,10-/m0/s1. The number of amides is 2. The number of hydrogen-bond acceptors (Lipinski definition) is 3. The van der Waals surface area contributed by atoms with Gasteiger partial charge in [-0.25, -0.2) is 9.59 Å². The lowest BCUT2D eigenvalue weighted by Crippen LogP contribution is -2.54. The topological polar surface area (TPSA) is 89.9 Å². The predicted molar refractivity (Wildman–Crippen MR) is 70.8 cm³/mol. The van der Waals surface area contributed by atoms with Crippen LogP contribution in [0, 0.1) is 5.92 Å². The van der Waals surface area contributed by atoms with Gasteiger partial charge in [0, 0.05) is 13.1 Å². The first-order chi connectivity index (χ1) is 8.76. The van der Waals surface area contributed by atoms with E-state index in [0.29, 0.717) is 32.4 Å². The maximum Gasteiger partial charge on any atom is 0.326 e. The predicted octanol–water partition coefficient (Wildman–Crippen LogP) is 1.04. The van der Waals surface area contributed by atoms with E-state index in [-0.39, 0.29) is 11.9 Å². The summed E-state index contributed by atoms with van der Waals surface area (Å²) >= 11 is 0. The molecule has 1 heterocycles. The van der Waals surface area contributed by atoms with Crippen molar-refractivity contribution in [3.05, 3.63) is 0 Å². The van der Waals surface area contributed by atoms with Crippen molar-refractivity contribution in [2.45, 2.75) is 51.7 Å². The minimum Gasteiger partial charge on any atom is -0.480 e. The second-order valence-electron chi connectivity index (χ2n) is 5.63. The molecule has 1 rings (SSSR count). The molecule has 0 aromatic rings. The van der Waals surface area contributed by atoms with Crippen LogP contribution >= 0.6 is 0 Å². The molecule has 0 aliphatic carbocycles. The molecule has 6 nitrogen and oxygen atoms in total. The Labute approximate surface area is 113 Å². The van der Waals surface area contributed by atoms with Gasteiger partial charge in [0.25, 0.3) is 0 Å². The normalized spacial score (nSPS) is 21.6. The van der Waals surface area contributed by atoms with Gasteiger partial charge in [-0.2, -0.15) is 0 Å². The quantitative estimate of drug-likeness (QED) is 0.713. The molecule has 0 unspecified atom stereocenters. The highest BCUT2D eigenvalue weighted by Crippen LogP contribution is 2.21. The van der Waals surface area contributed by atoms with Crippen molar-refractivity contribution in [1.82, 2.24) is 10.2 Å². The largest absolute Gasteiger partial charge is 0.480 e. The van der Waals surface area contributed by atoms with E-state index in [1.54, 1.807) is 18.7 Å². The van der Waals surface area contributed by atoms with Crippen LogP contribution in [0.2, 0.25) is 0 Å². The van der Waals surface area contributed by atoms with Crippen LogP contribution in [0.3, 0.4) is 0 Å². The number of aliphatic hydroxyl groups is 1. The van der Waals surface area contributed by atoms with Gasteiger partial charge in [-0.1, -0.05) is 20.3 Å². The highest BCUT2D eigenvalue weighted by Gasteiger charge is 2.32. The Kier molecular flexibility index (Phi) is 5.17. The van der Waals surface area contributed by atoms with E-state index in [0.717, 1.165) is 0 Å². The molecule has 19 heavy (non-hydrogen) atoms. The van der Waals surface area contributed by atoms with Crippen molar-refractivity contribution in [3.63, 3.8) is 0 Å². The van der Waals surface area contributed by atoms with Crippen LogP contribution in [0.4, 0.5) is 4.79 Å². The molecule has 1 aliphatic heterocycles. The Balaban J connectivity index is 2.56. The molecule has 0 saturated carbocycles. The maximum atomic E-state index is 12.0. The molecule has 1 saturated heterocycles. The average molecular weight is 272 g/mol. The van der Waals surface area contributed by atoms with E-state index >= 15 is 0 Å². The number of carboxylic acid groups (broad SMARTS) is 1. The van der Waals surface area contributed by atoms with Gasteiger partial charge in [-0.15, -0.1) is 0 Å². The molecule has 0 aromatic heterocycles. The van der Waals surface area contributed by atoms with Gasteiger partial charge in [-0.3, -0.25) is 0 Å². The molecular weight excluding hydrogens is 248 g/mol.